The van der Waals surface area contributed by atoms with Crippen molar-refractivity contribution in [3.8, 4) is 0 Å². The molecule has 1 fully saturated rings. The van der Waals surface area contributed by atoms with E-state index in [-0.39, 0.29) is 24.0 Å². The lowest BCUT2D eigenvalue weighted by Gasteiger charge is -2.28. The molecule has 120 valence electrons. The number of aliphatic imine (C=N–C) groups is 1. The first-order valence-electron chi connectivity index (χ1n) is 7.56. The van der Waals surface area contributed by atoms with Gasteiger partial charge in [0.25, 0.3) is 0 Å². The molecule has 0 aromatic carbocycles. The molecule has 0 saturated heterocycles. The second-order valence-corrected chi connectivity index (χ2v) is 5.60. The SMILES string of the molecule is CCNC(=NCc1ncnn1C)NC1CCC(C)CC1.I. The molecular formula is C14H27IN6. The first-order valence-corrected chi connectivity index (χ1v) is 7.56. The molecule has 1 aliphatic rings. The Balaban J connectivity index is 0.00000220. The van der Waals surface area contributed by atoms with Crippen molar-refractivity contribution in [1.82, 2.24) is 25.4 Å². The lowest BCUT2D eigenvalue weighted by Crippen LogP contribution is -2.44. The van der Waals surface area contributed by atoms with Gasteiger partial charge in [0.05, 0.1) is 0 Å². The number of hydrogen-bond donors (Lipinski definition) is 2. The third-order valence-electron chi connectivity index (χ3n) is 3.88. The molecule has 0 atom stereocenters. The Hall–Kier alpha value is -0.860. The van der Waals surface area contributed by atoms with Crippen molar-refractivity contribution in [2.75, 3.05) is 6.54 Å². The van der Waals surface area contributed by atoms with Crippen LogP contribution in [0.3, 0.4) is 0 Å². The monoisotopic (exact) mass is 406 g/mol. The average molecular weight is 406 g/mol. The Morgan fingerprint density at radius 1 is 1.38 bits per heavy atom. The van der Waals surface area contributed by atoms with Crippen LogP contribution in [0, 0.1) is 5.92 Å². The molecule has 0 amide bonds. The Kier molecular flexibility index (Phi) is 7.98. The van der Waals surface area contributed by atoms with Crippen LogP contribution in [0.4, 0.5) is 0 Å². The molecule has 2 N–H and O–H groups in total. The topological polar surface area (TPSA) is 67.1 Å². The van der Waals surface area contributed by atoms with Gasteiger partial charge >= 0.3 is 0 Å². The molecule has 0 radical (unpaired) electrons. The molecule has 0 aliphatic heterocycles. The van der Waals surface area contributed by atoms with Gasteiger partial charge in [-0.2, -0.15) is 5.10 Å². The van der Waals surface area contributed by atoms with E-state index in [1.165, 1.54) is 25.7 Å². The smallest absolute Gasteiger partial charge is 0.191 e. The average Bonchev–Trinajstić information content (AvgIpc) is 2.84. The molecule has 1 aromatic rings. The molecule has 7 heteroatoms. The van der Waals surface area contributed by atoms with Gasteiger partial charge in [-0.25, -0.2) is 9.98 Å². The predicted molar refractivity (Wildman–Crippen MR) is 95.8 cm³/mol. The second kappa shape index (κ2) is 9.22. The zero-order chi connectivity index (χ0) is 14.4. The zero-order valence-electron chi connectivity index (χ0n) is 13.2. The first-order chi connectivity index (χ1) is 9.69. The van der Waals surface area contributed by atoms with Crippen LogP contribution in [-0.2, 0) is 13.6 Å². The van der Waals surface area contributed by atoms with Crippen LogP contribution in [0.5, 0.6) is 0 Å². The van der Waals surface area contributed by atoms with Gasteiger partial charge < -0.3 is 10.6 Å². The van der Waals surface area contributed by atoms with Crippen LogP contribution in [-0.4, -0.2) is 33.3 Å². The summed E-state index contributed by atoms with van der Waals surface area (Å²) in [5, 5.41) is 10.9. The summed E-state index contributed by atoms with van der Waals surface area (Å²) in [5.74, 6) is 2.63. The van der Waals surface area contributed by atoms with Crippen molar-refractivity contribution in [2.45, 2.75) is 52.1 Å². The lowest BCUT2D eigenvalue weighted by atomic mass is 9.87. The lowest BCUT2D eigenvalue weighted by molar-refractivity contribution is 0.329. The van der Waals surface area contributed by atoms with E-state index >= 15 is 0 Å². The Bertz CT molecular complexity index is 436. The van der Waals surface area contributed by atoms with Crippen molar-refractivity contribution < 1.29 is 0 Å². The van der Waals surface area contributed by atoms with E-state index in [2.05, 4.69) is 39.6 Å². The van der Waals surface area contributed by atoms with Gasteiger partial charge in [-0.15, -0.1) is 24.0 Å². The van der Waals surface area contributed by atoms with Crippen molar-refractivity contribution in [3.05, 3.63) is 12.2 Å². The molecule has 1 saturated carbocycles. The van der Waals surface area contributed by atoms with Crippen LogP contribution in [0.25, 0.3) is 0 Å². The number of nitrogens with one attached hydrogen (secondary N) is 2. The number of aromatic nitrogens is 3. The number of hydrogen-bond acceptors (Lipinski definition) is 3. The van der Waals surface area contributed by atoms with Gasteiger partial charge in [0.2, 0.25) is 0 Å². The van der Waals surface area contributed by atoms with Gasteiger partial charge in [0, 0.05) is 19.6 Å². The van der Waals surface area contributed by atoms with Crippen molar-refractivity contribution >= 4 is 29.9 Å². The van der Waals surface area contributed by atoms with Crippen LogP contribution < -0.4 is 10.6 Å². The summed E-state index contributed by atoms with van der Waals surface area (Å²) in [5.41, 5.74) is 0. The maximum Gasteiger partial charge on any atom is 0.191 e. The molecule has 0 unspecified atom stereocenters. The van der Waals surface area contributed by atoms with Gasteiger partial charge in [-0.1, -0.05) is 6.92 Å². The molecule has 0 spiro atoms. The zero-order valence-corrected chi connectivity index (χ0v) is 15.5. The van der Waals surface area contributed by atoms with E-state index in [1.807, 2.05) is 7.05 Å². The first kappa shape index (κ1) is 18.2. The fourth-order valence-electron chi connectivity index (χ4n) is 2.53. The second-order valence-electron chi connectivity index (χ2n) is 5.60. The highest BCUT2D eigenvalue weighted by atomic mass is 127. The van der Waals surface area contributed by atoms with Crippen LogP contribution in [0.2, 0.25) is 0 Å². The summed E-state index contributed by atoms with van der Waals surface area (Å²) < 4.78 is 1.76. The highest BCUT2D eigenvalue weighted by Gasteiger charge is 2.18. The van der Waals surface area contributed by atoms with Gasteiger partial charge in [0.1, 0.15) is 18.7 Å². The molecule has 21 heavy (non-hydrogen) atoms. The maximum atomic E-state index is 4.60. The van der Waals surface area contributed by atoms with E-state index in [9.17, 15) is 0 Å². The van der Waals surface area contributed by atoms with Crippen LogP contribution >= 0.6 is 24.0 Å². The fourth-order valence-corrected chi connectivity index (χ4v) is 2.53. The minimum atomic E-state index is 0. The van der Waals surface area contributed by atoms with E-state index in [0.29, 0.717) is 12.6 Å². The van der Waals surface area contributed by atoms with E-state index in [0.717, 1.165) is 24.2 Å². The van der Waals surface area contributed by atoms with Crippen LogP contribution in [0.1, 0.15) is 45.4 Å². The molecular weight excluding hydrogens is 379 g/mol. The maximum absolute atomic E-state index is 4.60. The van der Waals surface area contributed by atoms with E-state index in [4.69, 9.17) is 0 Å². The minimum Gasteiger partial charge on any atom is -0.357 e. The molecule has 1 aliphatic carbocycles. The molecule has 1 heterocycles. The normalized spacial score (nSPS) is 22.5. The Morgan fingerprint density at radius 3 is 2.67 bits per heavy atom. The number of guanidine groups is 1. The van der Waals surface area contributed by atoms with Gasteiger partial charge in [-0.05, 0) is 38.5 Å². The summed E-state index contributed by atoms with van der Waals surface area (Å²) in [6.07, 6.45) is 6.64. The molecule has 1 aromatic heterocycles. The Morgan fingerprint density at radius 2 is 2.10 bits per heavy atom. The summed E-state index contributed by atoms with van der Waals surface area (Å²) in [6, 6.07) is 0.545. The summed E-state index contributed by atoms with van der Waals surface area (Å²) in [7, 11) is 1.89. The third kappa shape index (κ3) is 5.80. The standard InChI is InChI=1S/C14H26N6.HI/c1-4-15-14(16-9-13-17-10-18-20(13)3)19-12-7-5-11(2)6-8-12;/h10-12H,4-9H2,1-3H3,(H2,15,16,19);1H. The molecule has 6 nitrogen and oxygen atoms in total. The third-order valence-corrected chi connectivity index (χ3v) is 3.88. The Labute approximate surface area is 144 Å². The minimum absolute atomic E-state index is 0. The van der Waals surface area contributed by atoms with Crippen molar-refractivity contribution in [3.63, 3.8) is 0 Å². The summed E-state index contributed by atoms with van der Waals surface area (Å²) in [4.78, 5) is 8.79. The van der Waals surface area contributed by atoms with Crippen molar-refractivity contribution in [1.29, 1.82) is 0 Å². The highest BCUT2D eigenvalue weighted by Crippen LogP contribution is 2.23. The van der Waals surface area contributed by atoms with E-state index in [1.54, 1.807) is 11.0 Å². The molecule has 2 rings (SSSR count). The highest BCUT2D eigenvalue weighted by molar-refractivity contribution is 14.0. The number of aryl methyl sites for hydroxylation is 1. The largest absolute Gasteiger partial charge is 0.357 e. The quantitative estimate of drug-likeness (QED) is 0.457. The number of halogens is 1. The van der Waals surface area contributed by atoms with Crippen molar-refractivity contribution in [2.24, 2.45) is 18.0 Å². The number of nitrogens with zero attached hydrogens (tertiary/aromatic N) is 4. The molecule has 0 bridgehead atoms. The van der Waals surface area contributed by atoms with E-state index < -0.39 is 0 Å². The summed E-state index contributed by atoms with van der Waals surface area (Å²) in [6.45, 7) is 5.84. The van der Waals surface area contributed by atoms with Gasteiger partial charge in [-0.3, -0.25) is 4.68 Å². The van der Waals surface area contributed by atoms with Crippen LogP contribution in [0.15, 0.2) is 11.3 Å². The predicted octanol–water partition coefficient (Wildman–Crippen LogP) is 2.07. The van der Waals surface area contributed by atoms with Gasteiger partial charge in [0.15, 0.2) is 5.96 Å². The summed E-state index contributed by atoms with van der Waals surface area (Å²) >= 11 is 0. The number of rotatable bonds is 4. The fraction of sp³-hybridized carbons (Fsp3) is 0.786.